The number of hydrogen-bond donors (Lipinski definition) is 5. The fourth-order valence-electron chi connectivity index (χ4n) is 4.55. The van der Waals surface area contributed by atoms with Crippen LogP contribution in [0.25, 0.3) is 20.8 Å². The average molecular weight is 456 g/mol. The number of nitrogens with zero attached hydrogens (tertiary/aromatic N) is 3. The van der Waals surface area contributed by atoms with E-state index < -0.39 is 18.2 Å². The van der Waals surface area contributed by atoms with Gasteiger partial charge in [0.25, 0.3) is 0 Å². The molecule has 0 unspecified atom stereocenters. The van der Waals surface area contributed by atoms with Gasteiger partial charge >= 0.3 is 0 Å². The summed E-state index contributed by atoms with van der Waals surface area (Å²) in [4.78, 5) is 14.3. The summed E-state index contributed by atoms with van der Waals surface area (Å²) < 4.78 is 1.08. The highest BCUT2D eigenvalue weighted by atomic mass is 32.1. The third kappa shape index (κ3) is 4.05. The van der Waals surface area contributed by atoms with E-state index in [9.17, 15) is 15.3 Å². The van der Waals surface area contributed by atoms with Gasteiger partial charge < -0.3 is 26.0 Å². The van der Waals surface area contributed by atoms with E-state index >= 15 is 0 Å². The molecule has 2 heterocycles. The quantitative estimate of drug-likeness (QED) is 0.369. The van der Waals surface area contributed by atoms with Gasteiger partial charge in [-0.25, -0.2) is 9.97 Å². The summed E-state index contributed by atoms with van der Waals surface area (Å²) in [5.41, 5.74) is 2.51. The molecule has 2 aromatic heterocycles. The van der Waals surface area contributed by atoms with Crippen molar-refractivity contribution in [3.05, 3.63) is 30.0 Å². The van der Waals surface area contributed by atoms with Gasteiger partial charge in [-0.15, -0.1) is 11.3 Å². The first-order valence-corrected chi connectivity index (χ1v) is 12.1. The van der Waals surface area contributed by atoms with Gasteiger partial charge in [0.2, 0.25) is 5.95 Å². The van der Waals surface area contributed by atoms with E-state index in [0.717, 1.165) is 33.0 Å². The van der Waals surface area contributed by atoms with Crippen molar-refractivity contribution in [2.24, 2.45) is 11.8 Å². The molecule has 170 valence electrons. The van der Waals surface area contributed by atoms with Crippen molar-refractivity contribution in [3.63, 3.8) is 0 Å². The molecule has 0 bridgehead atoms. The number of para-hydroxylation sites is 1. The molecule has 2 saturated carbocycles. The van der Waals surface area contributed by atoms with Crippen molar-refractivity contribution in [2.75, 3.05) is 23.8 Å². The molecule has 9 heteroatoms. The Balaban J connectivity index is 1.50. The van der Waals surface area contributed by atoms with Gasteiger partial charge in [0.15, 0.2) is 0 Å². The first-order valence-electron chi connectivity index (χ1n) is 11.3. The lowest BCUT2D eigenvalue weighted by Crippen LogP contribution is -2.35. The van der Waals surface area contributed by atoms with E-state index in [4.69, 9.17) is 15.0 Å². The van der Waals surface area contributed by atoms with Crippen LogP contribution in [0.2, 0.25) is 0 Å². The molecule has 2 fully saturated rings. The van der Waals surface area contributed by atoms with E-state index in [-0.39, 0.29) is 12.5 Å². The predicted octanol–water partition coefficient (Wildman–Crippen LogP) is 2.79. The summed E-state index contributed by atoms with van der Waals surface area (Å²) in [5, 5.41) is 37.9. The van der Waals surface area contributed by atoms with E-state index in [1.807, 2.05) is 31.2 Å². The Morgan fingerprint density at radius 2 is 1.91 bits per heavy atom. The summed E-state index contributed by atoms with van der Waals surface area (Å²) in [5.74, 6) is 1.43. The lowest BCUT2D eigenvalue weighted by molar-refractivity contribution is 0.00446. The molecule has 0 aliphatic heterocycles. The zero-order chi connectivity index (χ0) is 22.2. The van der Waals surface area contributed by atoms with Gasteiger partial charge in [0.1, 0.15) is 16.9 Å². The number of fused-ring (bicyclic) bond motifs is 1. The van der Waals surface area contributed by atoms with Gasteiger partial charge in [-0.05, 0) is 44.2 Å². The molecule has 3 aromatic rings. The van der Waals surface area contributed by atoms with Gasteiger partial charge in [-0.2, -0.15) is 4.98 Å². The van der Waals surface area contributed by atoms with Crippen LogP contribution in [0, 0.1) is 18.8 Å². The van der Waals surface area contributed by atoms with Gasteiger partial charge in [0.05, 0.1) is 33.6 Å². The Hall–Kier alpha value is -2.33. The van der Waals surface area contributed by atoms with Crippen LogP contribution >= 0.6 is 11.3 Å². The summed E-state index contributed by atoms with van der Waals surface area (Å²) in [7, 11) is 0. The Morgan fingerprint density at radius 3 is 2.59 bits per heavy atom. The molecule has 2 aliphatic rings. The maximum absolute atomic E-state index is 10.6. The molecule has 32 heavy (non-hydrogen) atoms. The van der Waals surface area contributed by atoms with Crippen molar-refractivity contribution < 1.29 is 15.3 Å². The standard InChI is InChI=1S/C23H29N5O3S/c1-12-18(22-27-15-7-2-3-8-17(15)32-22)21(26-16-9-14(11-29)19(30)20(16)31)28-23(25-12)24-10-13-5-4-6-13/h2-3,7-8,13-14,16,19-20,29-31H,4-6,9-11H2,1H3,(H2,24,25,26,28)/t14-,16-,19-,20+/m1/s1. The first-order chi connectivity index (χ1) is 15.5. The maximum Gasteiger partial charge on any atom is 0.224 e. The molecule has 2 aliphatic carbocycles. The van der Waals surface area contributed by atoms with Crippen molar-refractivity contribution >= 4 is 33.3 Å². The molecule has 5 rings (SSSR count). The Labute approximate surface area is 190 Å². The van der Waals surface area contributed by atoms with E-state index in [1.165, 1.54) is 19.3 Å². The molecule has 0 radical (unpaired) electrons. The highest BCUT2D eigenvalue weighted by Crippen LogP contribution is 2.38. The number of aromatic nitrogens is 3. The van der Waals surface area contributed by atoms with Crippen LogP contribution < -0.4 is 10.6 Å². The minimum Gasteiger partial charge on any atom is -0.396 e. The van der Waals surface area contributed by atoms with Crippen LogP contribution in [0.4, 0.5) is 11.8 Å². The SMILES string of the molecule is Cc1nc(NCC2CCC2)nc(N[C@@H]2C[C@H](CO)[C@@H](O)[C@H]2O)c1-c1nc2ccccc2s1. The summed E-state index contributed by atoms with van der Waals surface area (Å²) in [6.45, 7) is 2.62. The predicted molar refractivity (Wildman–Crippen MR) is 126 cm³/mol. The van der Waals surface area contributed by atoms with Crippen LogP contribution in [-0.4, -0.2) is 61.7 Å². The fourth-order valence-corrected chi connectivity index (χ4v) is 5.61. The zero-order valence-electron chi connectivity index (χ0n) is 18.0. The lowest BCUT2D eigenvalue weighted by atomic mass is 9.85. The second kappa shape index (κ2) is 8.90. The van der Waals surface area contributed by atoms with E-state index in [1.54, 1.807) is 11.3 Å². The molecule has 0 spiro atoms. The van der Waals surface area contributed by atoms with Crippen LogP contribution in [0.5, 0.6) is 0 Å². The maximum atomic E-state index is 10.6. The molecular formula is C23H29N5O3S. The van der Waals surface area contributed by atoms with Crippen molar-refractivity contribution in [2.45, 2.75) is 50.9 Å². The van der Waals surface area contributed by atoms with Gasteiger partial charge in [-0.1, -0.05) is 18.6 Å². The number of rotatable bonds is 7. The van der Waals surface area contributed by atoms with Gasteiger partial charge in [-0.3, -0.25) is 0 Å². The number of aliphatic hydroxyl groups excluding tert-OH is 3. The molecule has 1 aromatic carbocycles. The first kappa shape index (κ1) is 21.5. The Morgan fingerprint density at radius 1 is 1.09 bits per heavy atom. The second-order valence-corrected chi connectivity index (χ2v) is 9.96. The average Bonchev–Trinajstić information content (AvgIpc) is 3.28. The summed E-state index contributed by atoms with van der Waals surface area (Å²) in [6, 6.07) is 7.55. The number of aryl methyl sites for hydroxylation is 1. The van der Waals surface area contributed by atoms with Crippen LogP contribution in [0.3, 0.4) is 0 Å². The van der Waals surface area contributed by atoms with Gasteiger partial charge in [0, 0.05) is 19.1 Å². The topological polar surface area (TPSA) is 123 Å². The Bertz CT molecular complexity index is 1070. The number of aliphatic hydroxyl groups is 3. The number of nitrogens with one attached hydrogen (secondary N) is 2. The highest BCUT2D eigenvalue weighted by Gasteiger charge is 2.41. The van der Waals surface area contributed by atoms with E-state index in [0.29, 0.717) is 24.1 Å². The summed E-state index contributed by atoms with van der Waals surface area (Å²) in [6.07, 6.45) is 2.24. The zero-order valence-corrected chi connectivity index (χ0v) is 18.8. The third-order valence-electron chi connectivity index (χ3n) is 6.73. The lowest BCUT2D eigenvalue weighted by Gasteiger charge is -2.26. The normalized spacial score (nSPS) is 25.8. The molecule has 4 atom stereocenters. The molecule has 0 saturated heterocycles. The monoisotopic (exact) mass is 455 g/mol. The molecule has 0 amide bonds. The number of benzene rings is 1. The van der Waals surface area contributed by atoms with Crippen LogP contribution in [-0.2, 0) is 0 Å². The molecular weight excluding hydrogens is 426 g/mol. The number of hydrogen-bond acceptors (Lipinski definition) is 9. The number of anilines is 2. The minimum absolute atomic E-state index is 0.169. The third-order valence-corrected chi connectivity index (χ3v) is 7.78. The Kier molecular flexibility index (Phi) is 5.98. The van der Waals surface area contributed by atoms with E-state index in [2.05, 4.69) is 10.6 Å². The fraction of sp³-hybridized carbons (Fsp3) is 0.522. The number of thiazole rings is 1. The smallest absolute Gasteiger partial charge is 0.224 e. The second-order valence-electron chi connectivity index (χ2n) is 8.93. The van der Waals surface area contributed by atoms with Crippen molar-refractivity contribution in [1.29, 1.82) is 0 Å². The van der Waals surface area contributed by atoms with Crippen molar-refractivity contribution in [1.82, 2.24) is 15.0 Å². The largest absolute Gasteiger partial charge is 0.396 e. The summed E-state index contributed by atoms with van der Waals surface area (Å²) >= 11 is 1.58. The minimum atomic E-state index is -0.989. The van der Waals surface area contributed by atoms with Crippen molar-refractivity contribution in [3.8, 4) is 10.6 Å². The van der Waals surface area contributed by atoms with Crippen LogP contribution in [0.15, 0.2) is 24.3 Å². The highest BCUT2D eigenvalue weighted by molar-refractivity contribution is 7.21. The molecule has 8 nitrogen and oxygen atoms in total. The van der Waals surface area contributed by atoms with Crippen LogP contribution in [0.1, 0.15) is 31.4 Å². The molecule has 5 N–H and O–H groups in total.